The SMILES string of the molecule is CCN(CC)CCCC(C)Nc1ccnc2cccnc12. The van der Waals surface area contributed by atoms with Crippen molar-refractivity contribution in [1.82, 2.24) is 14.9 Å². The minimum absolute atomic E-state index is 0.438. The minimum atomic E-state index is 0.438. The van der Waals surface area contributed by atoms with Crippen LogP contribution in [0.25, 0.3) is 11.0 Å². The van der Waals surface area contributed by atoms with Crippen molar-refractivity contribution in [2.24, 2.45) is 0 Å². The summed E-state index contributed by atoms with van der Waals surface area (Å²) in [4.78, 5) is 11.3. The van der Waals surface area contributed by atoms with E-state index in [0.29, 0.717) is 6.04 Å². The van der Waals surface area contributed by atoms with E-state index in [9.17, 15) is 0 Å². The second kappa shape index (κ2) is 7.93. The number of rotatable bonds is 8. The molecule has 0 saturated carbocycles. The average molecular weight is 286 g/mol. The van der Waals surface area contributed by atoms with Gasteiger partial charge in [0.1, 0.15) is 5.52 Å². The summed E-state index contributed by atoms with van der Waals surface area (Å²) < 4.78 is 0. The van der Waals surface area contributed by atoms with Crippen LogP contribution in [-0.4, -0.2) is 40.5 Å². The normalized spacial score (nSPS) is 12.8. The molecule has 0 aromatic carbocycles. The molecule has 21 heavy (non-hydrogen) atoms. The van der Waals surface area contributed by atoms with E-state index >= 15 is 0 Å². The maximum Gasteiger partial charge on any atom is 0.112 e. The van der Waals surface area contributed by atoms with Crippen LogP contribution < -0.4 is 5.32 Å². The van der Waals surface area contributed by atoms with Gasteiger partial charge in [0, 0.05) is 18.4 Å². The van der Waals surface area contributed by atoms with Gasteiger partial charge in [0.2, 0.25) is 0 Å². The first kappa shape index (κ1) is 15.7. The smallest absolute Gasteiger partial charge is 0.112 e. The third kappa shape index (κ3) is 4.39. The standard InChI is InChI=1S/C17H26N4/c1-4-21(5-2)13-7-8-14(3)20-16-10-12-18-15-9-6-11-19-17(15)16/h6,9-12,14H,4-5,7-8,13H2,1-3H3,(H,18,20). The zero-order valence-electron chi connectivity index (χ0n) is 13.3. The Bertz CT molecular complexity index is 546. The maximum atomic E-state index is 4.44. The van der Waals surface area contributed by atoms with Gasteiger partial charge in [-0.1, -0.05) is 13.8 Å². The number of hydrogen-bond acceptors (Lipinski definition) is 4. The van der Waals surface area contributed by atoms with Gasteiger partial charge in [-0.15, -0.1) is 0 Å². The van der Waals surface area contributed by atoms with Crippen molar-refractivity contribution in [3.8, 4) is 0 Å². The molecule has 0 saturated heterocycles. The van der Waals surface area contributed by atoms with Crippen LogP contribution in [0.15, 0.2) is 30.6 Å². The Morgan fingerprint density at radius 1 is 1.14 bits per heavy atom. The summed E-state index contributed by atoms with van der Waals surface area (Å²) in [6.07, 6.45) is 6.04. The van der Waals surface area contributed by atoms with Crippen molar-refractivity contribution in [2.45, 2.75) is 39.7 Å². The average Bonchev–Trinajstić information content (AvgIpc) is 2.52. The molecule has 1 unspecified atom stereocenters. The van der Waals surface area contributed by atoms with Crippen molar-refractivity contribution in [3.63, 3.8) is 0 Å². The van der Waals surface area contributed by atoms with Crippen LogP contribution in [-0.2, 0) is 0 Å². The van der Waals surface area contributed by atoms with Crippen LogP contribution in [0, 0.1) is 0 Å². The number of nitrogens with one attached hydrogen (secondary N) is 1. The zero-order valence-corrected chi connectivity index (χ0v) is 13.3. The van der Waals surface area contributed by atoms with Gasteiger partial charge >= 0.3 is 0 Å². The summed E-state index contributed by atoms with van der Waals surface area (Å²) in [7, 11) is 0. The molecule has 2 heterocycles. The predicted octanol–water partition coefficient (Wildman–Crippen LogP) is 3.55. The van der Waals surface area contributed by atoms with Gasteiger partial charge in [-0.05, 0) is 57.6 Å². The molecule has 2 aromatic heterocycles. The molecule has 0 fully saturated rings. The Balaban J connectivity index is 1.91. The second-order valence-corrected chi connectivity index (χ2v) is 5.44. The highest BCUT2D eigenvalue weighted by Gasteiger charge is 2.07. The molecular weight excluding hydrogens is 260 g/mol. The van der Waals surface area contributed by atoms with Crippen molar-refractivity contribution in [3.05, 3.63) is 30.6 Å². The van der Waals surface area contributed by atoms with Gasteiger partial charge in [0.05, 0.1) is 11.2 Å². The Labute approximate surface area is 127 Å². The molecule has 0 bridgehead atoms. The topological polar surface area (TPSA) is 41.0 Å². The van der Waals surface area contributed by atoms with E-state index in [2.05, 4.69) is 41.0 Å². The molecule has 114 valence electrons. The lowest BCUT2D eigenvalue weighted by molar-refractivity contribution is 0.295. The van der Waals surface area contributed by atoms with Gasteiger partial charge < -0.3 is 10.2 Å². The Kier molecular flexibility index (Phi) is 5.93. The molecule has 0 radical (unpaired) electrons. The fourth-order valence-electron chi connectivity index (χ4n) is 2.59. The van der Waals surface area contributed by atoms with Crippen LogP contribution in [0.2, 0.25) is 0 Å². The van der Waals surface area contributed by atoms with E-state index in [1.165, 1.54) is 13.0 Å². The van der Waals surface area contributed by atoms with Crippen molar-refractivity contribution < 1.29 is 0 Å². The minimum Gasteiger partial charge on any atom is -0.381 e. The highest BCUT2D eigenvalue weighted by Crippen LogP contribution is 2.20. The molecule has 0 amide bonds. The van der Waals surface area contributed by atoms with E-state index in [1.54, 1.807) is 0 Å². The second-order valence-electron chi connectivity index (χ2n) is 5.44. The van der Waals surface area contributed by atoms with Gasteiger partial charge in [-0.3, -0.25) is 9.97 Å². The molecule has 4 heteroatoms. The van der Waals surface area contributed by atoms with Gasteiger partial charge in [0.25, 0.3) is 0 Å². The van der Waals surface area contributed by atoms with Crippen molar-refractivity contribution >= 4 is 16.7 Å². The Morgan fingerprint density at radius 3 is 2.71 bits per heavy atom. The third-order valence-corrected chi connectivity index (χ3v) is 3.90. The summed E-state index contributed by atoms with van der Waals surface area (Å²) in [5, 5.41) is 3.57. The Hall–Kier alpha value is -1.68. The van der Waals surface area contributed by atoms with Crippen LogP contribution >= 0.6 is 0 Å². The van der Waals surface area contributed by atoms with E-state index in [1.807, 2.05) is 30.6 Å². The molecule has 4 nitrogen and oxygen atoms in total. The number of fused-ring (bicyclic) bond motifs is 1. The van der Waals surface area contributed by atoms with Crippen LogP contribution in [0.1, 0.15) is 33.6 Å². The number of anilines is 1. The summed E-state index contributed by atoms with van der Waals surface area (Å²) in [6, 6.07) is 6.37. The van der Waals surface area contributed by atoms with E-state index in [0.717, 1.165) is 36.2 Å². The fraction of sp³-hybridized carbons (Fsp3) is 0.529. The lowest BCUT2D eigenvalue weighted by Gasteiger charge is -2.20. The molecule has 2 rings (SSSR count). The summed E-state index contributed by atoms with van der Waals surface area (Å²) in [5.41, 5.74) is 2.98. The van der Waals surface area contributed by atoms with Crippen molar-refractivity contribution in [2.75, 3.05) is 25.0 Å². The number of nitrogens with zero attached hydrogens (tertiary/aromatic N) is 3. The molecule has 1 atom stereocenters. The highest BCUT2D eigenvalue weighted by molar-refractivity contribution is 5.86. The number of aromatic nitrogens is 2. The van der Waals surface area contributed by atoms with E-state index in [-0.39, 0.29) is 0 Å². The first-order valence-corrected chi connectivity index (χ1v) is 7.93. The third-order valence-electron chi connectivity index (χ3n) is 3.90. The predicted molar refractivity (Wildman–Crippen MR) is 89.6 cm³/mol. The monoisotopic (exact) mass is 286 g/mol. The Morgan fingerprint density at radius 2 is 1.95 bits per heavy atom. The molecule has 2 aromatic rings. The van der Waals surface area contributed by atoms with Gasteiger partial charge in [-0.25, -0.2) is 0 Å². The first-order chi connectivity index (χ1) is 10.2. The number of pyridine rings is 2. The largest absolute Gasteiger partial charge is 0.381 e. The summed E-state index contributed by atoms with van der Waals surface area (Å²) in [6.45, 7) is 10.1. The van der Waals surface area contributed by atoms with Crippen molar-refractivity contribution in [1.29, 1.82) is 0 Å². The van der Waals surface area contributed by atoms with Crippen LogP contribution in [0.4, 0.5) is 5.69 Å². The quantitative estimate of drug-likeness (QED) is 0.805. The summed E-state index contributed by atoms with van der Waals surface area (Å²) in [5.74, 6) is 0. The summed E-state index contributed by atoms with van der Waals surface area (Å²) >= 11 is 0. The maximum absolute atomic E-state index is 4.44. The first-order valence-electron chi connectivity index (χ1n) is 7.93. The molecule has 0 aliphatic heterocycles. The number of hydrogen-bond donors (Lipinski definition) is 1. The van der Waals surface area contributed by atoms with Gasteiger partial charge in [-0.2, -0.15) is 0 Å². The van der Waals surface area contributed by atoms with E-state index in [4.69, 9.17) is 0 Å². The lowest BCUT2D eigenvalue weighted by Crippen LogP contribution is -2.25. The fourth-order valence-corrected chi connectivity index (χ4v) is 2.59. The van der Waals surface area contributed by atoms with Crippen LogP contribution in [0.3, 0.4) is 0 Å². The molecule has 0 aliphatic rings. The molecular formula is C17H26N4. The highest BCUT2D eigenvalue weighted by atomic mass is 15.1. The van der Waals surface area contributed by atoms with Crippen LogP contribution in [0.5, 0.6) is 0 Å². The molecule has 0 aliphatic carbocycles. The lowest BCUT2D eigenvalue weighted by atomic mass is 10.1. The van der Waals surface area contributed by atoms with Gasteiger partial charge in [0.15, 0.2) is 0 Å². The zero-order chi connectivity index (χ0) is 15.1. The molecule has 1 N–H and O–H groups in total. The van der Waals surface area contributed by atoms with E-state index < -0.39 is 0 Å². The molecule has 0 spiro atoms.